The average Bonchev–Trinajstić information content (AvgIpc) is 2.47. The van der Waals surface area contributed by atoms with E-state index in [0.717, 1.165) is 31.5 Å². The number of fused-ring (bicyclic) bond motifs is 1. The van der Waals surface area contributed by atoms with Gasteiger partial charge < -0.3 is 10.0 Å². The summed E-state index contributed by atoms with van der Waals surface area (Å²) in [6, 6.07) is 13.8. The fourth-order valence-corrected chi connectivity index (χ4v) is 2.99. The number of rotatable bonds is 3. The van der Waals surface area contributed by atoms with Crippen molar-refractivity contribution in [3.05, 3.63) is 64.7 Å². The molecule has 0 amide bonds. The zero-order chi connectivity index (χ0) is 14.8. The minimum absolute atomic E-state index is 0.355. The van der Waals surface area contributed by atoms with E-state index in [1.165, 1.54) is 16.8 Å². The van der Waals surface area contributed by atoms with Crippen LogP contribution in [0.4, 0.5) is 5.69 Å². The molecule has 0 radical (unpaired) electrons. The number of benzene rings is 2. The summed E-state index contributed by atoms with van der Waals surface area (Å²) >= 11 is 0. The van der Waals surface area contributed by atoms with Gasteiger partial charge in [0.25, 0.3) is 0 Å². The molecular weight excluding hydrogens is 262 g/mol. The van der Waals surface area contributed by atoms with E-state index >= 15 is 0 Å². The van der Waals surface area contributed by atoms with Crippen molar-refractivity contribution in [3.63, 3.8) is 0 Å². The molecule has 0 aliphatic carbocycles. The average molecular weight is 281 g/mol. The Morgan fingerprint density at radius 2 is 2.10 bits per heavy atom. The molecule has 21 heavy (non-hydrogen) atoms. The van der Waals surface area contributed by atoms with Crippen LogP contribution in [0, 0.1) is 6.92 Å². The van der Waals surface area contributed by atoms with Crippen LogP contribution in [0.1, 0.15) is 33.5 Å². The van der Waals surface area contributed by atoms with Crippen LogP contribution >= 0.6 is 0 Å². The van der Waals surface area contributed by atoms with Crippen molar-refractivity contribution in [3.8, 4) is 0 Å². The lowest BCUT2D eigenvalue weighted by atomic mass is 9.99. The molecule has 0 unspecified atom stereocenters. The SMILES string of the molecule is Cc1ccc2c(c1)CCCN2Cc1cccc(C(=O)O)c1. The van der Waals surface area contributed by atoms with E-state index in [0.29, 0.717) is 5.56 Å². The first-order valence-electron chi connectivity index (χ1n) is 7.30. The van der Waals surface area contributed by atoms with Crippen LogP contribution in [0.3, 0.4) is 0 Å². The molecule has 3 heteroatoms. The molecule has 1 aliphatic rings. The van der Waals surface area contributed by atoms with Gasteiger partial charge in [-0.1, -0.05) is 29.8 Å². The van der Waals surface area contributed by atoms with Crippen molar-refractivity contribution in [2.75, 3.05) is 11.4 Å². The molecule has 1 heterocycles. The van der Waals surface area contributed by atoms with E-state index in [1.807, 2.05) is 12.1 Å². The summed E-state index contributed by atoms with van der Waals surface area (Å²) in [5.74, 6) is -0.869. The molecule has 2 aromatic rings. The Morgan fingerprint density at radius 3 is 2.90 bits per heavy atom. The molecule has 0 fully saturated rings. The first-order valence-corrected chi connectivity index (χ1v) is 7.30. The number of carboxylic acids is 1. The highest BCUT2D eigenvalue weighted by Gasteiger charge is 2.17. The van der Waals surface area contributed by atoms with Crippen molar-refractivity contribution in [2.45, 2.75) is 26.3 Å². The van der Waals surface area contributed by atoms with Gasteiger partial charge in [0.2, 0.25) is 0 Å². The summed E-state index contributed by atoms with van der Waals surface area (Å²) in [5, 5.41) is 9.09. The number of carboxylic acid groups (broad SMARTS) is 1. The van der Waals surface area contributed by atoms with E-state index in [-0.39, 0.29) is 0 Å². The number of aryl methyl sites for hydroxylation is 2. The summed E-state index contributed by atoms with van der Waals surface area (Å²) in [7, 11) is 0. The Labute approximate surface area is 124 Å². The molecule has 0 atom stereocenters. The second kappa shape index (κ2) is 5.60. The van der Waals surface area contributed by atoms with Crippen molar-refractivity contribution < 1.29 is 9.90 Å². The van der Waals surface area contributed by atoms with Crippen molar-refractivity contribution >= 4 is 11.7 Å². The Kier molecular flexibility index (Phi) is 3.65. The number of anilines is 1. The Morgan fingerprint density at radius 1 is 1.24 bits per heavy atom. The molecule has 0 bridgehead atoms. The second-order valence-electron chi connectivity index (χ2n) is 5.66. The lowest BCUT2D eigenvalue weighted by Crippen LogP contribution is -2.28. The molecule has 0 spiro atoms. The lowest BCUT2D eigenvalue weighted by Gasteiger charge is -2.31. The summed E-state index contributed by atoms with van der Waals surface area (Å²) in [6.45, 7) is 3.90. The lowest BCUT2D eigenvalue weighted by molar-refractivity contribution is 0.0696. The van der Waals surface area contributed by atoms with Gasteiger partial charge in [0.1, 0.15) is 0 Å². The maximum Gasteiger partial charge on any atom is 0.335 e. The smallest absolute Gasteiger partial charge is 0.335 e. The first kappa shape index (κ1) is 13.7. The number of nitrogens with zero attached hydrogens (tertiary/aromatic N) is 1. The molecule has 3 rings (SSSR count). The minimum atomic E-state index is -0.869. The Hall–Kier alpha value is -2.29. The third-order valence-corrected chi connectivity index (χ3v) is 4.00. The van der Waals surface area contributed by atoms with E-state index < -0.39 is 5.97 Å². The minimum Gasteiger partial charge on any atom is -0.478 e. The first-order chi connectivity index (χ1) is 10.1. The summed E-state index contributed by atoms with van der Waals surface area (Å²) in [6.07, 6.45) is 2.28. The summed E-state index contributed by atoms with van der Waals surface area (Å²) < 4.78 is 0. The monoisotopic (exact) mass is 281 g/mol. The van der Waals surface area contributed by atoms with Gasteiger partial charge in [0, 0.05) is 18.8 Å². The van der Waals surface area contributed by atoms with Crippen LogP contribution in [-0.4, -0.2) is 17.6 Å². The molecule has 0 saturated heterocycles. The van der Waals surface area contributed by atoms with Crippen molar-refractivity contribution in [1.82, 2.24) is 0 Å². The number of hydrogen-bond donors (Lipinski definition) is 1. The Balaban J connectivity index is 1.86. The van der Waals surface area contributed by atoms with Gasteiger partial charge >= 0.3 is 5.97 Å². The van der Waals surface area contributed by atoms with Crippen molar-refractivity contribution in [2.24, 2.45) is 0 Å². The number of carbonyl (C=O) groups is 1. The zero-order valence-corrected chi connectivity index (χ0v) is 12.2. The molecule has 1 aliphatic heterocycles. The third-order valence-electron chi connectivity index (χ3n) is 4.00. The number of hydrogen-bond acceptors (Lipinski definition) is 2. The predicted molar refractivity (Wildman–Crippen MR) is 84.0 cm³/mol. The highest BCUT2D eigenvalue weighted by atomic mass is 16.4. The molecule has 0 aromatic heterocycles. The molecule has 108 valence electrons. The third kappa shape index (κ3) is 2.92. The molecule has 3 nitrogen and oxygen atoms in total. The van der Waals surface area contributed by atoms with Crippen LogP contribution in [0.25, 0.3) is 0 Å². The van der Waals surface area contributed by atoms with Gasteiger partial charge in [-0.05, 0) is 49.1 Å². The largest absolute Gasteiger partial charge is 0.478 e. The van der Waals surface area contributed by atoms with E-state index in [9.17, 15) is 4.79 Å². The van der Waals surface area contributed by atoms with E-state index in [2.05, 4.69) is 30.0 Å². The van der Waals surface area contributed by atoms with Gasteiger partial charge in [-0.15, -0.1) is 0 Å². The van der Waals surface area contributed by atoms with Crippen LogP contribution in [0.5, 0.6) is 0 Å². The second-order valence-corrected chi connectivity index (χ2v) is 5.66. The maximum atomic E-state index is 11.1. The van der Waals surface area contributed by atoms with E-state index in [4.69, 9.17) is 5.11 Å². The van der Waals surface area contributed by atoms with Crippen molar-refractivity contribution in [1.29, 1.82) is 0 Å². The van der Waals surface area contributed by atoms with Gasteiger partial charge in [-0.2, -0.15) is 0 Å². The fourth-order valence-electron chi connectivity index (χ4n) is 2.99. The fraction of sp³-hybridized carbons (Fsp3) is 0.278. The van der Waals surface area contributed by atoms with Gasteiger partial charge in [-0.3, -0.25) is 0 Å². The number of aromatic carboxylic acids is 1. The van der Waals surface area contributed by atoms with Gasteiger partial charge in [0.05, 0.1) is 5.56 Å². The molecular formula is C18H19NO2. The molecule has 2 aromatic carbocycles. The highest BCUT2D eigenvalue weighted by Crippen LogP contribution is 2.29. The zero-order valence-electron chi connectivity index (χ0n) is 12.2. The quantitative estimate of drug-likeness (QED) is 0.933. The standard InChI is InChI=1S/C18H19NO2/c1-13-7-8-17-15(10-13)6-3-9-19(17)12-14-4-2-5-16(11-14)18(20)21/h2,4-5,7-8,10-11H,3,6,9,12H2,1H3,(H,20,21). The van der Waals surface area contributed by atoms with Crippen LogP contribution in [0.15, 0.2) is 42.5 Å². The van der Waals surface area contributed by atoms with Gasteiger partial charge in [-0.25, -0.2) is 4.79 Å². The summed E-state index contributed by atoms with van der Waals surface area (Å²) in [5.41, 5.74) is 5.38. The Bertz CT molecular complexity index is 679. The molecule has 1 N–H and O–H groups in total. The normalized spacial score (nSPS) is 13.9. The van der Waals surface area contributed by atoms with E-state index in [1.54, 1.807) is 12.1 Å². The topological polar surface area (TPSA) is 40.5 Å². The van der Waals surface area contributed by atoms with Gasteiger partial charge in [0.15, 0.2) is 0 Å². The molecule has 0 saturated carbocycles. The van der Waals surface area contributed by atoms with Crippen LogP contribution in [-0.2, 0) is 13.0 Å². The maximum absolute atomic E-state index is 11.1. The highest BCUT2D eigenvalue weighted by molar-refractivity contribution is 5.87. The summed E-state index contributed by atoms with van der Waals surface area (Å²) in [4.78, 5) is 13.4. The predicted octanol–water partition coefficient (Wildman–Crippen LogP) is 3.65. The van der Waals surface area contributed by atoms with Crippen LogP contribution in [0.2, 0.25) is 0 Å². The van der Waals surface area contributed by atoms with Crippen LogP contribution < -0.4 is 4.90 Å².